The van der Waals surface area contributed by atoms with Gasteiger partial charge in [0.15, 0.2) is 23.6 Å². The van der Waals surface area contributed by atoms with E-state index < -0.39 is 0 Å². The van der Waals surface area contributed by atoms with Gasteiger partial charge in [-0.05, 0) is 37.3 Å². The number of hydrogen-bond donors (Lipinski definition) is 2. The number of hydrazine groups is 1. The van der Waals surface area contributed by atoms with E-state index in [-0.39, 0.29) is 6.17 Å². The van der Waals surface area contributed by atoms with Gasteiger partial charge in [0.2, 0.25) is 5.96 Å². The maximum Gasteiger partial charge on any atom is 0.219 e. The fourth-order valence-corrected chi connectivity index (χ4v) is 3.68. The molecule has 2 atom stereocenters. The Morgan fingerprint density at radius 3 is 3.11 bits per heavy atom. The number of nitrogens with zero attached hydrogens (tertiary/aromatic N) is 5. The third-order valence-corrected chi connectivity index (χ3v) is 5.08. The first-order chi connectivity index (χ1) is 13.3. The molecule has 27 heavy (non-hydrogen) atoms. The number of furan rings is 1. The molecular formula is C19H21N7O. The van der Waals surface area contributed by atoms with Crippen molar-refractivity contribution in [1.29, 1.82) is 0 Å². The van der Waals surface area contributed by atoms with Crippen molar-refractivity contribution in [2.24, 2.45) is 21.6 Å². The molecule has 2 unspecified atom stereocenters. The summed E-state index contributed by atoms with van der Waals surface area (Å²) in [7, 11) is 0. The lowest BCUT2D eigenvalue weighted by Crippen LogP contribution is -2.47. The van der Waals surface area contributed by atoms with Crippen molar-refractivity contribution in [3.63, 3.8) is 0 Å². The molecule has 0 aromatic carbocycles. The van der Waals surface area contributed by atoms with Crippen LogP contribution in [-0.2, 0) is 6.54 Å². The zero-order valence-electron chi connectivity index (χ0n) is 14.8. The molecule has 2 aliphatic heterocycles. The number of allylic oxidation sites excluding steroid dienone is 4. The zero-order valence-corrected chi connectivity index (χ0v) is 14.8. The van der Waals surface area contributed by atoms with Crippen LogP contribution in [0.5, 0.6) is 0 Å². The van der Waals surface area contributed by atoms with Crippen molar-refractivity contribution in [2.45, 2.75) is 32.0 Å². The predicted molar refractivity (Wildman–Crippen MR) is 102 cm³/mol. The van der Waals surface area contributed by atoms with Gasteiger partial charge in [-0.3, -0.25) is 5.43 Å². The Morgan fingerprint density at radius 1 is 1.33 bits per heavy atom. The fourth-order valence-electron chi connectivity index (χ4n) is 3.68. The molecule has 4 heterocycles. The Bertz CT molecular complexity index is 951. The average Bonchev–Trinajstić information content (AvgIpc) is 3.42. The summed E-state index contributed by atoms with van der Waals surface area (Å²) in [5.41, 5.74) is 10.3. The lowest BCUT2D eigenvalue weighted by Gasteiger charge is -2.27. The quantitative estimate of drug-likeness (QED) is 0.851. The largest absolute Gasteiger partial charge is 0.461 e. The topological polar surface area (TPSA) is 97.0 Å². The Balaban J connectivity index is 1.34. The van der Waals surface area contributed by atoms with Crippen molar-refractivity contribution in [3.05, 3.63) is 60.2 Å². The summed E-state index contributed by atoms with van der Waals surface area (Å²) in [5.74, 6) is 3.09. The molecule has 1 aliphatic carbocycles. The van der Waals surface area contributed by atoms with E-state index in [9.17, 15) is 0 Å². The van der Waals surface area contributed by atoms with Gasteiger partial charge in [-0.25, -0.2) is 14.7 Å². The maximum absolute atomic E-state index is 6.18. The molecule has 5 rings (SSSR count). The first-order valence-electron chi connectivity index (χ1n) is 9.20. The standard InChI is InChI=1S/C19H21N7O/c20-19-23-17-14(18-22-16(24-26(18)19)15-9-5-11-27-15)12-21-25(17)10-4-8-13-6-2-1-3-7-13/h1-3,5-6,9,11-13,18H,4,7-8,10H2,(H2,20,23)(H,22,24). The minimum atomic E-state index is -0.280. The number of rotatable bonds is 5. The molecule has 2 aromatic heterocycles. The Labute approximate surface area is 156 Å². The molecule has 3 N–H and O–H groups in total. The number of aromatic nitrogens is 2. The second-order valence-electron chi connectivity index (χ2n) is 6.88. The van der Waals surface area contributed by atoms with E-state index in [2.05, 4.69) is 39.8 Å². The van der Waals surface area contributed by atoms with Crippen LogP contribution >= 0.6 is 0 Å². The highest BCUT2D eigenvalue weighted by Gasteiger charge is 2.37. The number of hydrogen-bond acceptors (Lipinski definition) is 7. The van der Waals surface area contributed by atoms with Crippen LogP contribution in [0.25, 0.3) is 0 Å². The molecule has 138 valence electrons. The number of fused-ring (bicyclic) bond motifs is 3. The van der Waals surface area contributed by atoms with Crippen molar-refractivity contribution >= 4 is 17.6 Å². The first kappa shape index (κ1) is 15.9. The molecular weight excluding hydrogens is 342 g/mol. The Kier molecular flexibility index (Phi) is 3.81. The number of aryl methyl sites for hydroxylation is 1. The monoisotopic (exact) mass is 363 g/mol. The van der Waals surface area contributed by atoms with Gasteiger partial charge in [-0.2, -0.15) is 10.1 Å². The van der Waals surface area contributed by atoms with E-state index in [4.69, 9.17) is 15.1 Å². The van der Waals surface area contributed by atoms with Crippen LogP contribution in [0.3, 0.4) is 0 Å². The lowest BCUT2D eigenvalue weighted by molar-refractivity contribution is 0.310. The minimum Gasteiger partial charge on any atom is -0.461 e. The molecule has 0 spiro atoms. The van der Waals surface area contributed by atoms with Gasteiger partial charge in [-0.15, -0.1) is 0 Å². The maximum atomic E-state index is 6.18. The molecule has 0 saturated heterocycles. The smallest absolute Gasteiger partial charge is 0.219 e. The number of guanidine groups is 1. The lowest BCUT2D eigenvalue weighted by atomic mass is 9.96. The molecule has 0 saturated carbocycles. The van der Waals surface area contributed by atoms with Crippen molar-refractivity contribution in [3.8, 4) is 0 Å². The van der Waals surface area contributed by atoms with Gasteiger partial charge >= 0.3 is 0 Å². The predicted octanol–water partition coefficient (Wildman–Crippen LogP) is 2.61. The third kappa shape index (κ3) is 2.83. The van der Waals surface area contributed by atoms with Crippen LogP contribution < -0.4 is 11.2 Å². The molecule has 8 heteroatoms. The van der Waals surface area contributed by atoms with E-state index in [1.54, 1.807) is 11.3 Å². The zero-order chi connectivity index (χ0) is 18.2. The number of amidine groups is 1. The van der Waals surface area contributed by atoms with Gasteiger partial charge in [0, 0.05) is 6.54 Å². The van der Waals surface area contributed by atoms with Gasteiger partial charge in [0.25, 0.3) is 0 Å². The van der Waals surface area contributed by atoms with Crippen molar-refractivity contribution in [2.75, 3.05) is 0 Å². The van der Waals surface area contributed by atoms with Gasteiger partial charge in [-0.1, -0.05) is 24.3 Å². The summed E-state index contributed by atoms with van der Waals surface area (Å²) >= 11 is 0. The normalized spacial score (nSPS) is 22.9. The Morgan fingerprint density at radius 2 is 2.30 bits per heavy atom. The second kappa shape index (κ2) is 6.46. The number of nitrogens with one attached hydrogen (secondary N) is 1. The van der Waals surface area contributed by atoms with E-state index in [0.717, 1.165) is 37.2 Å². The van der Waals surface area contributed by atoms with Crippen molar-refractivity contribution < 1.29 is 4.42 Å². The van der Waals surface area contributed by atoms with Crippen LogP contribution in [0.2, 0.25) is 0 Å². The van der Waals surface area contributed by atoms with E-state index in [1.807, 2.05) is 23.0 Å². The molecule has 0 bridgehead atoms. The van der Waals surface area contributed by atoms with Crippen LogP contribution in [0.4, 0.5) is 5.82 Å². The molecule has 0 radical (unpaired) electrons. The summed E-state index contributed by atoms with van der Waals surface area (Å²) in [5, 5.41) is 6.28. The SMILES string of the molecule is NC1=Nc2c(cnn2CCCC2C=CC=CC2)C2N=C(c3ccco3)NN12. The number of nitrogens with two attached hydrogens (primary N) is 1. The summed E-state index contributed by atoms with van der Waals surface area (Å²) in [6, 6.07) is 3.69. The minimum absolute atomic E-state index is 0.280. The third-order valence-electron chi connectivity index (χ3n) is 5.08. The Hall–Kier alpha value is -3.29. The molecule has 3 aliphatic rings. The summed E-state index contributed by atoms with van der Waals surface area (Å²) in [4.78, 5) is 9.28. The highest BCUT2D eigenvalue weighted by molar-refractivity contribution is 6.00. The van der Waals surface area contributed by atoms with Gasteiger partial charge < -0.3 is 10.2 Å². The van der Waals surface area contributed by atoms with Gasteiger partial charge in [0.1, 0.15) is 0 Å². The van der Waals surface area contributed by atoms with Crippen LogP contribution in [0, 0.1) is 5.92 Å². The summed E-state index contributed by atoms with van der Waals surface area (Å²) < 4.78 is 7.36. The highest BCUT2D eigenvalue weighted by Crippen LogP contribution is 2.37. The fraction of sp³-hybridized carbons (Fsp3) is 0.316. The van der Waals surface area contributed by atoms with Crippen LogP contribution in [-0.4, -0.2) is 26.6 Å². The van der Waals surface area contributed by atoms with Crippen LogP contribution in [0.15, 0.2) is 63.3 Å². The average molecular weight is 363 g/mol. The molecule has 0 fully saturated rings. The molecule has 2 aromatic rings. The summed E-state index contributed by atoms with van der Waals surface area (Å²) in [6.07, 6.45) is 15.2. The highest BCUT2D eigenvalue weighted by atomic mass is 16.3. The molecule has 0 amide bonds. The number of aliphatic imine (C=N–C) groups is 2. The van der Waals surface area contributed by atoms with Crippen molar-refractivity contribution in [1.82, 2.24) is 20.2 Å². The van der Waals surface area contributed by atoms with E-state index >= 15 is 0 Å². The summed E-state index contributed by atoms with van der Waals surface area (Å²) in [6.45, 7) is 0.815. The van der Waals surface area contributed by atoms with E-state index in [0.29, 0.717) is 23.5 Å². The van der Waals surface area contributed by atoms with Gasteiger partial charge in [0.05, 0.1) is 18.0 Å². The van der Waals surface area contributed by atoms with Crippen LogP contribution in [0.1, 0.15) is 36.8 Å². The van der Waals surface area contributed by atoms with E-state index in [1.165, 1.54) is 0 Å². The second-order valence-corrected chi connectivity index (χ2v) is 6.88. The molecule has 8 nitrogen and oxygen atoms in total. The first-order valence-corrected chi connectivity index (χ1v) is 9.20.